The smallest absolute Gasteiger partial charge is 0.198 e. The Labute approximate surface area is 186 Å². The Morgan fingerprint density at radius 3 is 2.23 bits per heavy atom. The van der Waals surface area contributed by atoms with Crippen LogP contribution < -0.4 is 4.74 Å². The van der Waals surface area contributed by atoms with Gasteiger partial charge in [-0.15, -0.1) is 0 Å². The summed E-state index contributed by atoms with van der Waals surface area (Å²) < 4.78 is 35.4. The molecule has 31 heavy (non-hydrogen) atoms. The van der Waals surface area contributed by atoms with Gasteiger partial charge in [-0.2, -0.15) is 0 Å². The summed E-state index contributed by atoms with van der Waals surface area (Å²) in [7, 11) is -3.27. The van der Waals surface area contributed by atoms with Crippen molar-refractivity contribution in [1.29, 1.82) is 0 Å². The van der Waals surface area contributed by atoms with Crippen molar-refractivity contribution in [3.8, 4) is 28.3 Å². The van der Waals surface area contributed by atoms with Gasteiger partial charge in [0.15, 0.2) is 21.5 Å². The van der Waals surface area contributed by atoms with Gasteiger partial charge in [0, 0.05) is 22.4 Å². The molecule has 0 aliphatic heterocycles. The van der Waals surface area contributed by atoms with E-state index in [4.69, 9.17) is 20.8 Å². The van der Waals surface area contributed by atoms with Gasteiger partial charge in [0.05, 0.1) is 17.9 Å². The lowest BCUT2D eigenvalue weighted by molar-refractivity contribution is 0.307. The summed E-state index contributed by atoms with van der Waals surface area (Å²) in [6, 6.07) is 23.5. The quantitative estimate of drug-likeness (QED) is 0.359. The van der Waals surface area contributed by atoms with Crippen molar-refractivity contribution >= 4 is 21.4 Å². The average molecular weight is 454 g/mol. The number of rotatable bonds is 7. The third kappa shape index (κ3) is 5.16. The topological polar surface area (TPSA) is 69.4 Å². The van der Waals surface area contributed by atoms with Crippen LogP contribution >= 0.6 is 11.6 Å². The van der Waals surface area contributed by atoms with Gasteiger partial charge in [0.25, 0.3) is 0 Å². The molecule has 0 spiro atoms. The van der Waals surface area contributed by atoms with Gasteiger partial charge >= 0.3 is 0 Å². The summed E-state index contributed by atoms with van der Waals surface area (Å²) in [6.07, 6.45) is 1.66. The molecule has 0 amide bonds. The number of hydrogen-bond donors (Lipinski definition) is 0. The zero-order chi connectivity index (χ0) is 21.8. The first-order chi connectivity index (χ1) is 14.9. The monoisotopic (exact) mass is 453 g/mol. The molecule has 1 heterocycles. The fraction of sp³-hybridized carbons (Fsp3) is 0.125. The van der Waals surface area contributed by atoms with E-state index >= 15 is 0 Å². The molecule has 158 valence electrons. The van der Waals surface area contributed by atoms with E-state index in [1.807, 2.05) is 42.5 Å². The average Bonchev–Trinajstić information content (AvgIpc) is 3.19. The van der Waals surface area contributed by atoms with Crippen LogP contribution in [0, 0.1) is 0 Å². The second-order valence-corrected chi connectivity index (χ2v) is 9.45. The van der Waals surface area contributed by atoms with Crippen LogP contribution in [0.25, 0.3) is 22.6 Å². The molecular weight excluding hydrogens is 434 g/mol. The first-order valence-electron chi connectivity index (χ1n) is 9.64. The lowest BCUT2D eigenvalue weighted by Gasteiger charge is -2.04. The van der Waals surface area contributed by atoms with Gasteiger partial charge in [-0.05, 0) is 48.5 Å². The molecule has 0 unspecified atom stereocenters. The molecule has 0 aliphatic rings. The van der Waals surface area contributed by atoms with Crippen molar-refractivity contribution in [2.75, 3.05) is 12.9 Å². The highest BCUT2D eigenvalue weighted by atomic mass is 35.5. The lowest BCUT2D eigenvalue weighted by atomic mass is 10.1. The molecule has 4 rings (SSSR count). The molecule has 0 fully saturated rings. The van der Waals surface area contributed by atoms with Crippen LogP contribution in [-0.2, 0) is 16.3 Å². The number of oxazole rings is 1. The normalized spacial score (nSPS) is 11.4. The molecule has 0 saturated heterocycles. The van der Waals surface area contributed by atoms with Crippen molar-refractivity contribution in [2.45, 2.75) is 11.3 Å². The van der Waals surface area contributed by atoms with Crippen LogP contribution in [0.15, 0.2) is 88.2 Å². The Kier molecular flexibility index (Phi) is 6.11. The summed E-state index contributed by atoms with van der Waals surface area (Å²) in [6.45, 7) is 0.392. The Bertz CT molecular complexity index is 1270. The van der Waals surface area contributed by atoms with Crippen LogP contribution in [0.2, 0.25) is 5.02 Å². The van der Waals surface area contributed by atoms with E-state index in [1.54, 1.807) is 36.4 Å². The fourth-order valence-electron chi connectivity index (χ4n) is 3.10. The second-order valence-electron chi connectivity index (χ2n) is 7.00. The van der Waals surface area contributed by atoms with E-state index in [0.717, 1.165) is 16.9 Å². The van der Waals surface area contributed by atoms with Crippen LogP contribution in [-0.4, -0.2) is 26.3 Å². The zero-order valence-electron chi connectivity index (χ0n) is 16.8. The maximum atomic E-state index is 11.8. The van der Waals surface area contributed by atoms with Gasteiger partial charge in [0.1, 0.15) is 11.4 Å². The first-order valence-corrected chi connectivity index (χ1v) is 11.9. The standard InChI is InChI=1S/C24H20ClNO4S/c1-31(27,28)21-13-7-18(8-14-21)24-23(17-5-3-2-4-6-17)26-22(30-24)15-16-29-20-11-9-19(25)10-12-20/h2-14H,15-16H2,1H3. The molecule has 7 heteroatoms. The molecule has 0 radical (unpaired) electrons. The predicted octanol–water partition coefficient (Wildman–Crippen LogP) is 5.69. The summed E-state index contributed by atoms with van der Waals surface area (Å²) in [5.41, 5.74) is 2.37. The van der Waals surface area contributed by atoms with E-state index in [-0.39, 0.29) is 4.90 Å². The highest BCUT2D eigenvalue weighted by Crippen LogP contribution is 2.33. The minimum Gasteiger partial charge on any atom is -0.493 e. The van der Waals surface area contributed by atoms with Crippen LogP contribution in [0.4, 0.5) is 0 Å². The molecule has 1 aromatic heterocycles. The van der Waals surface area contributed by atoms with Crippen molar-refractivity contribution in [2.24, 2.45) is 0 Å². The number of hydrogen-bond acceptors (Lipinski definition) is 5. The molecule has 0 atom stereocenters. The summed E-state index contributed by atoms with van der Waals surface area (Å²) in [5, 5.41) is 0.652. The third-order valence-corrected chi connectivity index (χ3v) is 6.04. The van der Waals surface area contributed by atoms with Gasteiger partial charge in [-0.25, -0.2) is 13.4 Å². The molecule has 4 aromatic rings. The van der Waals surface area contributed by atoms with E-state index in [2.05, 4.69) is 4.98 Å². The van der Waals surface area contributed by atoms with Crippen molar-refractivity contribution in [3.05, 3.63) is 89.8 Å². The highest BCUT2D eigenvalue weighted by Gasteiger charge is 2.18. The van der Waals surface area contributed by atoms with Gasteiger partial charge in [-0.1, -0.05) is 41.9 Å². The zero-order valence-corrected chi connectivity index (χ0v) is 18.4. The number of halogens is 1. The molecule has 0 bridgehead atoms. The second kappa shape index (κ2) is 8.96. The predicted molar refractivity (Wildman–Crippen MR) is 121 cm³/mol. The maximum Gasteiger partial charge on any atom is 0.198 e. The van der Waals surface area contributed by atoms with E-state index in [9.17, 15) is 8.42 Å². The summed E-state index contributed by atoms with van der Waals surface area (Å²) >= 11 is 5.90. The highest BCUT2D eigenvalue weighted by molar-refractivity contribution is 7.90. The number of aromatic nitrogens is 1. The van der Waals surface area contributed by atoms with Gasteiger partial charge in [0.2, 0.25) is 0 Å². The van der Waals surface area contributed by atoms with E-state index in [1.165, 1.54) is 6.26 Å². The maximum absolute atomic E-state index is 11.8. The minimum atomic E-state index is -3.27. The van der Waals surface area contributed by atoms with E-state index < -0.39 is 9.84 Å². The Morgan fingerprint density at radius 2 is 1.58 bits per heavy atom. The van der Waals surface area contributed by atoms with Crippen molar-refractivity contribution in [1.82, 2.24) is 4.98 Å². The Balaban J connectivity index is 1.61. The Morgan fingerprint density at radius 1 is 0.903 bits per heavy atom. The van der Waals surface area contributed by atoms with Crippen molar-refractivity contribution in [3.63, 3.8) is 0 Å². The molecule has 0 N–H and O–H groups in total. The molecular formula is C24H20ClNO4S. The number of ether oxygens (including phenoxy) is 1. The lowest BCUT2D eigenvalue weighted by Crippen LogP contribution is -2.01. The number of nitrogens with zero attached hydrogens (tertiary/aromatic N) is 1. The molecule has 5 nitrogen and oxygen atoms in total. The molecule has 0 aliphatic carbocycles. The summed E-state index contributed by atoms with van der Waals surface area (Å²) in [5.74, 6) is 1.85. The first kappa shape index (κ1) is 21.2. The fourth-order valence-corrected chi connectivity index (χ4v) is 3.86. The number of benzene rings is 3. The van der Waals surface area contributed by atoms with E-state index in [0.29, 0.717) is 35.4 Å². The molecule has 0 saturated carbocycles. The number of sulfone groups is 1. The minimum absolute atomic E-state index is 0.258. The van der Waals surface area contributed by atoms with Gasteiger partial charge < -0.3 is 9.15 Å². The van der Waals surface area contributed by atoms with Crippen molar-refractivity contribution < 1.29 is 17.6 Å². The molecule has 3 aromatic carbocycles. The summed E-state index contributed by atoms with van der Waals surface area (Å²) in [4.78, 5) is 4.95. The van der Waals surface area contributed by atoms with Crippen LogP contribution in [0.3, 0.4) is 0 Å². The third-order valence-electron chi connectivity index (χ3n) is 4.66. The van der Waals surface area contributed by atoms with Crippen LogP contribution in [0.1, 0.15) is 5.89 Å². The largest absolute Gasteiger partial charge is 0.493 e. The SMILES string of the molecule is CS(=O)(=O)c1ccc(-c2oc(CCOc3ccc(Cl)cc3)nc2-c2ccccc2)cc1. The Hall–Kier alpha value is -3.09. The van der Waals surface area contributed by atoms with Gasteiger partial charge in [-0.3, -0.25) is 0 Å². The van der Waals surface area contributed by atoms with Crippen LogP contribution in [0.5, 0.6) is 5.75 Å².